The molecule has 0 saturated carbocycles. The van der Waals surface area contributed by atoms with Gasteiger partial charge in [-0.25, -0.2) is 0 Å². The number of anilines is 1. The molecule has 6 heteroatoms. The summed E-state index contributed by atoms with van der Waals surface area (Å²) in [4.78, 5) is 34.6. The normalized spacial score (nSPS) is 10.2. The SMILES string of the molecule is COc1ccc(C(C)=O)cc1COc1cc(C(C)=O)ccc1NC(C)=O. The zero-order chi connectivity index (χ0) is 19.3. The first kappa shape index (κ1) is 19.2. The molecule has 0 saturated heterocycles. The van der Waals surface area contributed by atoms with Crippen molar-refractivity contribution < 1.29 is 23.9 Å². The van der Waals surface area contributed by atoms with Gasteiger partial charge in [0.15, 0.2) is 11.6 Å². The highest BCUT2D eigenvalue weighted by Crippen LogP contribution is 2.29. The minimum absolute atomic E-state index is 0.0635. The lowest BCUT2D eigenvalue weighted by Crippen LogP contribution is -2.09. The van der Waals surface area contributed by atoms with Crippen molar-refractivity contribution in [1.82, 2.24) is 0 Å². The number of benzene rings is 2. The summed E-state index contributed by atoms with van der Waals surface area (Å²) in [5.74, 6) is 0.523. The molecule has 0 radical (unpaired) electrons. The topological polar surface area (TPSA) is 81.7 Å². The molecule has 0 aliphatic heterocycles. The molecule has 6 nitrogen and oxygen atoms in total. The third-order valence-electron chi connectivity index (χ3n) is 3.77. The van der Waals surface area contributed by atoms with Gasteiger partial charge in [0.05, 0.1) is 12.8 Å². The van der Waals surface area contributed by atoms with Gasteiger partial charge < -0.3 is 14.8 Å². The fraction of sp³-hybridized carbons (Fsp3) is 0.250. The van der Waals surface area contributed by atoms with Crippen molar-refractivity contribution >= 4 is 23.2 Å². The molecular weight excluding hydrogens is 334 g/mol. The van der Waals surface area contributed by atoms with Crippen molar-refractivity contribution in [2.24, 2.45) is 0 Å². The summed E-state index contributed by atoms with van der Waals surface area (Å²) in [6.07, 6.45) is 0. The molecule has 0 fully saturated rings. The van der Waals surface area contributed by atoms with Crippen LogP contribution in [0.25, 0.3) is 0 Å². The number of carbonyl (C=O) groups is 3. The van der Waals surface area contributed by atoms with E-state index in [2.05, 4.69) is 5.32 Å². The van der Waals surface area contributed by atoms with Crippen molar-refractivity contribution in [3.63, 3.8) is 0 Å². The number of amides is 1. The third kappa shape index (κ3) is 4.69. The second-order valence-electron chi connectivity index (χ2n) is 5.82. The van der Waals surface area contributed by atoms with Crippen LogP contribution in [0, 0.1) is 0 Å². The lowest BCUT2D eigenvalue weighted by atomic mass is 10.1. The molecule has 2 rings (SSSR count). The maximum atomic E-state index is 11.6. The smallest absolute Gasteiger partial charge is 0.221 e. The van der Waals surface area contributed by atoms with Gasteiger partial charge in [-0.2, -0.15) is 0 Å². The van der Waals surface area contributed by atoms with Gasteiger partial charge in [-0.3, -0.25) is 14.4 Å². The number of hydrogen-bond donors (Lipinski definition) is 1. The van der Waals surface area contributed by atoms with E-state index in [0.29, 0.717) is 33.9 Å². The van der Waals surface area contributed by atoms with Crippen LogP contribution in [0.1, 0.15) is 47.1 Å². The zero-order valence-electron chi connectivity index (χ0n) is 15.2. The molecule has 1 amide bonds. The highest BCUT2D eigenvalue weighted by molar-refractivity contribution is 5.97. The van der Waals surface area contributed by atoms with E-state index in [4.69, 9.17) is 9.47 Å². The molecule has 26 heavy (non-hydrogen) atoms. The number of rotatable bonds is 7. The summed E-state index contributed by atoms with van der Waals surface area (Å²) < 4.78 is 11.1. The van der Waals surface area contributed by atoms with Crippen LogP contribution in [0.2, 0.25) is 0 Å². The van der Waals surface area contributed by atoms with E-state index >= 15 is 0 Å². The molecule has 1 N–H and O–H groups in total. The molecule has 0 spiro atoms. The summed E-state index contributed by atoms with van der Waals surface area (Å²) in [6, 6.07) is 9.91. The van der Waals surface area contributed by atoms with Gasteiger partial charge in [-0.15, -0.1) is 0 Å². The first-order valence-electron chi connectivity index (χ1n) is 8.05. The van der Waals surface area contributed by atoms with Gasteiger partial charge in [-0.1, -0.05) is 0 Å². The van der Waals surface area contributed by atoms with Crippen molar-refractivity contribution in [1.29, 1.82) is 0 Å². The standard InChI is InChI=1S/C20H21NO5/c1-12(22)15-6-8-19(25-4)17(9-15)11-26-20-10-16(13(2)23)5-7-18(20)21-14(3)24/h5-10H,11H2,1-4H3,(H,21,24). The van der Waals surface area contributed by atoms with E-state index < -0.39 is 0 Å². The third-order valence-corrected chi connectivity index (χ3v) is 3.77. The molecular formula is C20H21NO5. The molecule has 0 aliphatic carbocycles. The van der Waals surface area contributed by atoms with Crippen molar-refractivity contribution in [2.75, 3.05) is 12.4 Å². The Kier molecular flexibility index (Phi) is 6.11. The summed E-state index contributed by atoms with van der Waals surface area (Å²) in [5, 5.41) is 2.67. The second-order valence-corrected chi connectivity index (χ2v) is 5.82. The summed E-state index contributed by atoms with van der Waals surface area (Å²) in [5.41, 5.74) is 2.16. The number of ketones is 2. The number of ether oxygens (including phenoxy) is 2. The summed E-state index contributed by atoms with van der Waals surface area (Å²) in [6.45, 7) is 4.44. The predicted molar refractivity (Wildman–Crippen MR) is 98.1 cm³/mol. The number of nitrogens with one attached hydrogen (secondary N) is 1. The average Bonchev–Trinajstić information content (AvgIpc) is 2.59. The van der Waals surface area contributed by atoms with Gasteiger partial charge in [0.25, 0.3) is 0 Å². The Hall–Kier alpha value is -3.15. The zero-order valence-corrected chi connectivity index (χ0v) is 15.2. The van der Waals surface area contributed by atoms with Gasteiger partial charge in [0.2, 0.25) is 5.91 Å². The maximum Gasteiger partial charge on any atom is 0.221 e. The molecule has 0 bridgehead atoms. The highest BCUT2D eigenvalue weighted by Gasteiger charge is 2.12. The van der Waals surface area contributed by atoms with E-state index in [0.717, 1.165) is 0 Å². The van der Waals surface area contributed by atoms with Crippen LogP contribution in [0.15, 0.2) is 36.4 Å². The fourth-order valence-electron chi connectivity index (χ4n) is 2.42. The monoisotopic (exact) mass is 355 g/mol. The Morgan fingerprint density at radius 1 is 0.885 bits per heavy atom. The van der Waals surface area contributed by atoms with Crippen molar-refractivity contribution in [3.05, 3.63) is 53.1 Å². The van der Waals surface area contributed by atoms with E-state index in [1.165, 1.54) is 27.9 Å². The molecule has 0 atom stereocenters. The van der Waals surface area contributed by atoms with Crippen LogP contribution >= 0.6 is 0 Å². The largest absolute Gasteiger partial charge is 0.496 e. The lowest BCUT2D eigenvalue weighted by molar-refractivity contribution is -0.114. The van der Waals surface area contributed by atoms with Crippen LogP contribution in [0.4, 0.5) is 5.69 Å². The van der Waals surface area contributed by atoms with Crippen molar-refractivity contribution in [3.8, 4) is 11.5 Å². The average molecular weight is 355 g/mol. The Morgan fingerprint density at radius 2 is 1.50 bits per heavy atom. The highest BCUT2D eigenvalue weighted by atomic mass is 16.5. The summed E-state index contributed by atoms with van der Waals surface area (Å²) >= 11 is 0. The molecule has 136 valence electrons. The van der Waals surface area contributed by atoms with E-state index in [-0.39, 0.29) is 24.1 Å². The first-order chi connectivity index (χ1) is 12.3. The van der Waals surface area contributed by atoms with Crippen LogP contribution in [-0.4, -0.2) is 24.6 Å². The van der Waals surface area contributed by atoms with Crippen LogP contribution in [0.3, 0.4) is 0 Å². The molecule has 0 aromatic heterocycles. The molecule has 2 aromatic carbocycles. The lowest BCUT2D eigenvalue weighted by Gasteiger charge is -2.15. The van der Waals surface area contributed by atoms with Crippen LogP contribution in [-0.2, 0) is 11.4 Å². The first-order valence-corrected chi connectivity index (χ1v) is 8.05. The minimum atomic E-state index is -0.249. The van der Waals surface area contributed by atoms with E-state index in [9.17, 15) is 14.4 Å². The van der Waals surface area contributed by atoms with E-state index in [1.807, 2.05) is 0 Å². The Bertz CT molecular complexity index is 857. The van der Waals surface area contributed by atoms with Gasteiger partial charge >= 0.3 is 0 Å². The van der Waals surface area contributed by atoms with Crippen LogP contribution < -0.4 is 14.8 Å². The second kappa shape index (κ2) is 8.29. The van der Waals surface area contributed by atoms with Crippen molar-refractivity contribution in [2.45, 2.75) is 27.4 Å². The molecule has 0 heterocycles. The molecule has 0 unspecified atom stereocenters. The molecule has 0 aliphatic rings. The Morgan fingerprint density at radius 3 is 2.08 bits per heavy atom. The number of Topliss-reactive ketones (excluding diaryl/α,β-unsaturated/α-hetero) is 2. The number of methoxy groups -OCH3 is 1. The predicted octanol–water partition coefficient (Wildman–Crippen LogP) is 3.64. The number of hydrogen-bond acceptors (Lipinski definition) is 5. The minimum Gasteiger partial charge on any atom is -0.496 e. The van der Waals surface area contributed by atoms with Gasteiger partial charge in [0, 0.05) is 23.6 Å². The maximum absolute atomic E-state index is 11.6. The molecule has 2 aromatic rings. The van der Waals surface area contributed by atoms with Crippen LogP contribution in [0.5, 0.6) is 11.5 Å². The van der Waals surface area contributed by atoms with Gasteiger partial charge in [0.1, 0.15) is 18.1 Å². The number of carbonyl (C=O) groups excluding carboxylic acids is 3. The quantitative estimate of drug-likeness (QED) is 0.767. The van der Waals surface area contributed by atoms with Gasteiger partial charge in [-0.05, 0) is 50.2 Å². The summed E-state index contributed by atoms with van der Waals surface area (Å²) in [7, 11) is 1.53. The van der Waals surface area contributed by atoms with E-state index in [1.54, 1.807) is 36.4 Å². The fourth-order valence-corrected chi connectivity index (χ4v) is 2.42. The Balaban J connectivity index is 2.34. The Labute approximate surface area is 152 Å².